The van der Waals surface area contributed by atoms with E-state index in [2.05, 4.69) is 10.6 Å². The number of hydrogen-bond acceptors (Lipinski definition) is 3. The molecule has 0 aromatic heterocycles. The molecule has 0 unspecified atom stereocenters. The van der Waals surface area contributed by atoms with Crippen molar-refractivity contribution in [3.8, 4) is 0 Å². The van der Waals surface area contributed by atoms with Crippen molar-refractivity contribution in [3.05, 3.63) is 23.8 Å². The third-order valence-corrected chi connectivity index (χ3v) is 2.86. The van der Waals surface area contributed by atoms with Crippen LogP contribution in [0.2, 0.25) is 0 Å². The number of aryl methyl sites for hydroxylation is 1. The first kappa shape index (κ1) is 14.8. The fourth-order valence-corrected chi connectivity index (χ4v) is 1.97. The van der Waals surface area contributed by atoms with E-state index in [0.29, 0.717) is 13.0 Å². The van der Waals surface area contributed by atoms with Crippen LogP contribution in [0.25, 0.3) is 0 Å². The zero-order chi connectivity index (χ0) is 12.1. The number of anilines is 2. The lowest BCUT2D eigenvalue weighted by atomic mass is 10.0. The topological polar surface area (TPSA) is 50.4 Å². The molecule has 0 aliphatic carbocycles. The zero-order valence-corrected chi connectivity index (χ0v) is 11.3. The number of nitrogens with one attached hydrogen (secondary N) is 2. The second-order valence-corrected chi connectivity index (χ2v) is 4.19. The first-order valence-corrected chi connectivity index (χ1v) is 5.95. The molecular formula is C13H19ClN2O2. The van der Waals surface area contributed by atoms with Crippen LogP contribution < -0.4 is 10.6 Å². The maximum absolute atomic E-state index is 11.5. The summed E-state index contributed by atoms with van der Waals surface area (Å²) in [5.74, 6) is -0.00410. The van der Waals surface area contributed by atoms with Gasteiger partial charge in [-0.25, -0.2) is 0 Å². The number of methoxy groups -OCH3 is 1. The number of hydrogen-bond donors (Lipinski definition) is 2. The molecule has 18 heavy (non-hydrogen) atoms. The molecule has 1 aliphatic rings. The number of rotatable bonds is 4. The van der Waals surface area contributed by atoms with Gasteiger partial charge in [0.25, 0.3) is 0 Å². The Labute approximate surface area is 114 Å². The Morgan fingerprint density at radius 2 is 2.33 bits per heavy atom. The molecule has 1 aromatic carbocycles. The summed E-state index contributed by atoms with van der Waals surface area (Å²) in [7, 11) is 1.60. The molecule has 0 radical (unpaired) electrons. The summed E-state index contributed by atoms with van der Waals surface area (Å²) in [6.07, 6.45) is 2.62. The third kappa shape index (κ3) is 3.89. The molecule has 1 amide bonds. The lowest BCUT2D eigenvalue weighted by Gasteiger charge is -2.18. The van der Waals surface area contributed by atoms with Gasteiger partial charge in [0.05, 0.1) is 13.0 Å². The fraction of sp³-hybridized carbons (Fsp3) is 0.462. The summed E-state index contributed by atoms with van der Waals surface area (Å²) in [6.45, 7) is 1.49. The van der Waals surface area contributed by atoms with Gasteiger partial charge in [-0.3, -0.25) is 4.79 Å². The van der Waals surface area contributed by atoms with Gasteiger partial charge in [-0.15, -0.1) is 12.4 Å². The van der Waals surface area contributed by atoms with E-state index in [-0.39, 0.29) is 18.3 Å². The smallest absolute Gasteiger partial charge is 0.226 e. The Balaban J connectivity index is 0.00000162. The van der Waals surface area contributed by atoms with Crippen LogP contribution in [0, 0.1) is 0 Å². The number of halogens is 1. The van der Waals surface area contributed by atoms with Crippen molar-refractivity contribution in [2.24, 2.45) is 0 Å². The molecule has 0 bridgehead atoms. The van der Waals surface area contributed by atoms with Crippen LogP contribution >= 0.6 is 12.4 Å². The van der Waals surface area contributed by atoms with Gasteiger partial charge >= 0.3 is 0 Å². The number of ether oxygens (including phenoxy) is 1. The van der Waals surface area contributed by atoms with Gasteiger partial charge in [0.15, 0.2) is 0 Å². The molecule has 0 spiro atoms. The van der Waals surface area contributed by atoms with Crippen LogP contribution in [0.3, 0.4) is 0 Å². The van der Waals surface area contributed by atoms with Gasteiger partial charge in [0.2, 0.25) is 5.91 Å². The molecular weight excluding hydrogens is 252 g/mol. The van der Waals surface area contributed by atoms with E-state index in [1.165, 1.54) is 11.3 Å². The highest BCUT2D eigenvalue weighted by Crippen LogP contribution is 2.25. The second kappa shape index (κ2) is 7.24. The number of amides is 1. The molecule has 0 fully saturated rings. The van der Waals surface area contributed by atoms with Crippen molar-refractivity contribution in [1.82, 2.24) is 0 Å². The molecule has 1 aromatic rings. The minimum Gasteiger partial charge on any atom is -0.385 e. The SMILES string of the molecule is COCCC(=O)Nc1ccc2c(c1)CCCN2.Cl. The minimum absolute atomic E-state index is 0. The van der Waals surface area contributed by atoms with Gasteiger partial charge in [-0.2, -0.15) is 0 Å². The lowest BCUT2D eigenvalue weighted by molar-refractivity contribution is -0.117. The fourth-order valence-electron chi connectivity index (χ4n) is 1.97. The van der Waals surface area contributed by atoms with Crippen molar-refractivity contribution in [2.75, 3.05) is 30.9 Å². The first-order chi connectivity index (χ1) is 8.29. The Morgan fingerprint density at radius 1 is 1.50 bits per heavy atom. The normalized spacial score (nSPS) is 12.9. The molecule has 2 N–H and O–H groups in total. The summed E-state index contributed by atoms with van der Waals surface area (Å²) in [5.41, 5.74) is 3.33. The largest absolute Gasteiger partial charge is 0.385 e. The molecule has 4 nitrogen and oxygen atoms in total. The highest BCUT2D eigenvalue weighted by atomic mass is 35.5. The Morgan fingerprint density at radius 3 is 3.11 bits per heavy atom. The summed E-state index contributed by atoms with van der Waals surface area (Å²) in [6, 6.07) is 6.01. The highest BCUT2D eigenvalue weighted by Gasteiger charge is 2.09. The second-order valence-electron chi connectivity index (χ2n) is 4.19. The minimum atomic E-state index is -0.00410. The van der Waals surface area contributed by atoms with Gasteiger partial charge in [0.1, 0.15) is 0 Å². The molecule has 1 heterocycles. The molecule has 0 atom stereocenters. The van der Waals surface area contributed by atoms with Crippen LogP contribution in [0.4, 0.5) is 11.4 Å². The van der Waals surface area contributed by atoms with Crippen LogP contribution in [0.15, 0.2) is 18.2 Å². The molecule has 100 valence electrons. The molecule has 5 heteroatoms. The Bertz CT molecular complexity index is 410. The number of carbonyl (C=O) groups excluding carboxylic acids is 1. The summed E-state index contributed by atoms with van der Waals surface area (Å²) in [4.78, 5) is 11.5. The standard InChI is InChI=1S/C13H18N2O2.ClH/c1-17-8-6-13(16)15-11-4-5-12-10(9-11)3-2-7-14-12;/h4-5,9,14H,2-3,6-8H2,1H3,(H,15,16);1H. The third-order valence-electron chi connectivity index (χ3n) is 2.86. The zero-order valence-electron chi connectivity index (χ0n) is 10.5. The molecule has 0 saturated carbocycles. The predicted octanol–water partition coefficient (Wildman–Crippen LogP) is 2.44. The summed E-state index contributed by atoms with van der Waals surface area (Å²) < 4.78 is 4.87. The van der Waals surface area contributed by atoms with E-state index in [1.54, 1.807) is 7.11 Å². The van der Waals surface area contributed by atoms with E-state index in [4.69, 9.17) is 4.74 Å². The molecule has 0 saturated heterocycles. The van der Waals surface area contributed by atoms with Crippen LogP contribution in [-0.2, 0) is 16.0 Å². The maximum Gasteiger partial charge on any atom is 0.226 e. The summed E-state index contributed by atoms with van der Waals surface area (Å²) in [5, 5.41) is 6.22. The average molecular weight is 271 g/mol. The van der Waals surface area contributed by atoms with E-state index in [9.17, 15) is 4.79 Å². The van der Waals surface area contributed by atoms with E-state index >= 15 is 0 Å². The average Bonchev–Trinajstić information content (AvgIpc) is 2.36. The quantitative estimate of drug-likeness (QED) is 0.884. The number of carbonyl (C=O) groups is 1. The van der Waals surface area contributed by atoms with Crippen LogP contribution in [0.1, 0.15) is 18.4 Å². The molecule has 1 aliphatic heterocycles. The van der Waals surface area contributed by atoms with E-state index in [1.807, 2.05) is 18.2 Å². The first-order valence-electron chi connectivity index (χ1n) is 5.95. The highest BCUT2D eigenvalue weighted by molar-refractivity contribution is 5.91. The number of fused-ring (bicyclic) bond motifs is 1. The van der Waals surface area contributed by atoms with Gasteiger partial charge in [-0.05, 0) is 36.6 Å². The van der Waals surface area contributed by atoms with Crippen molar-refractivity contribution in [2.45, 2.75) is 19.3 Å². The van der Waals surface area contributed by atoms with E-state index < -0.39 is 0 Å². The van der Waals surface area contributed by atoms with Crippen LogP contribution in [0.5, 0.6) is 0 Å². The Kier molecular flexibility index (Phi) is 5.95. The maximum atomic E-state index is 11.5. The number of benzene rings is 1. The summed E-state index contributed by atoms with van der Waals surface area (Å²) >= 11 is 0. The predicted molar refractivity (Wildman–Crippen MR) is 75.6 cm³/mol. The lowest BCUT2D eigenvalue weighted by Crippen LogP contribution is -2.15. The van der Waals surface area contributed by atoms with Gasteiger partial charge in [0, 0.05) is 25.0 Å². The van der Waals surface area contributed by atoms with E-state index in [0.717, 1.165) is 25.1 Å². The van der Waals surface area contributed by atoms with Gasteiger partial charge < -0.3 is 15.4 Å². The van der Waals surface area contributed by atoms with Crippen molar-refractivity contribution < 1.29 is 9.53 Å². The Hall–Kier alpha value is -1.26. The van der Waals surface area contributed by atoms with Crippen molar-refractivity contribution in [3.63, 3.8) is 0 Å². The van der Waals surface area contributed by atoms with Crippen LogP contribution in [-0.4, -0.2) is 26.2 Å². The molecule has 2 rings (SSSR count). The van der Waals surface area contributed by atoms with Crippen molar-refractivity contribution in [1.29, 1.82) is 0 Å². The van der Waals surface area contributed by atoms with Crippen molar-refractivity contribution >= 4 is 29.7 Å². The van der Waals surface area contributed by atoms with Gasteiger partial charge in [-0.1, -0.05) is 0 Å². The monoisotopic (exact) mass is 270 g/mol.